The summed E-state index contributed by atoms with van der Waals surface area (Å²) < 4.78 is 1.77. The molecule has 0 aliphatic heterocycles. The van der Waals surface area contributed by atoms with Gasteiger partial charge in [-0.25, -0.2) is 4.98 Å². The van der Waals surface area contributed by atoms with Crippen molar-refractivity contribution in [2.75, 3.05) is 7.05 Å². The molecule has 0 fully saturated rings. The van der Waals surface area contributed by atoms with Gasteiger partial charge in [-0.1, -0.05) is 17.3 Å². The maximum absolute atomic E-state index is 4.38. The van der Waals surface area contributed by atoms with Crippen molar-refractivity contribution in [3.63, 3.8) is 0 Å². The van der Waals surface area contributed by atoms with Crippen LogP contribution in [0.25, 0.3) is 16.9 Å². The first-order chi connectivity index (χ1) is 9.29. The molecule has 5 heteroatoms. The van der Waals surface area contributed by atoms with Crippen molar-refractivity contribution in [1.29, 1.82) is 0 Å². The molecule has 0 aliphatic rings. The Bertz CT molecular complexity index is 704. The molecule has 3 aromatic rings. The summed E-state index contributed by atoms with van der Waals surface area (Å²) in [6, 6.07) is 12.2. The molecule has 0 bridgehead atoms. The third-order valence-corrected chi connectivity index (χ3v) is 3.27. The third-order valence-electron chi connectivity index (χ3n) is 3.27. The van der Waals surface area contributed by atoms with Crippen LogP contribution in [0, 0.1) is 0 Å². The molecule has 5 nitrogen and oxygen atoms in total. The number of nitrogens with zero attached hydrogens (tertiary/aromatic N) is 4. The number of nitrogens with one attached hydrogen (secondary N) is 1. The van der Waals surface area contributed by atoms with E-state index in [1.807, 2.05) is 43.4 Å². The first-order valence-corrected chi connectivity index (χ1v) is 6.23. The summed E-state index contributed by atoms with van der Waals surface area (Å²) in [6.07, 6.45) is 1.80. The number of pyridine rings is 1. The van der Waals surface area contributed by atoms with Gasteiger partial charge >= 0.3 is 0 Å². The Morgan fingerprint density at radius 2 is 2.05 bits per heavy atom. The lowest BCUT2D eigenvalue weighted by Gasteiger charge is -2.11. The smallest absolute Gasteiger partial charge is 0.156 e. The topological polar surface area (TPSA) is 55.6 Å². The summed E-state index contributed by atoms with van der Waals surface area (Å²) >= 11 is 0. The van der Waals surface area contributed by atoms with Crippen LogP contribution in [0.15, 0.2) is 42.6 Å². The van der Waals surface area contributed by atoms with Crippen LogP contribution in [0.3, 0.4) is 0 Å². The monoisotopic (exact) mass is 253 g/mol. The number of benzene rings is 1. The highest BCUT2D eigenvalue weighted by Gasteiger charge is 2.09. The van der Waals surface area contributed by atoms with Crippen LogP contribution in [0.2, 0.25) is 0 Å². The fourth-order valence-electron chi connectivity index (χ4n) is 2.02. The number of aromatic nitrogens is 4. The molecule has 2 heterocycles. The van der Waals surface area contributed by atoms with Gasteiger partial charge in [0.1, 0.15) is 5.52 Å². The maximum atomic E-state index is 4.38. The van der Waals surface area contributed by atoms with Crippen molar-refractivity contribution in [1.82, 2.24) is 25.3 Å². The summed E-state index contributed by atoms with van der Waals surface area (Å²) in [6.45, 7) is 2.11. The van der Waals surface area contributed by atoms with Crippen LogP contribution >= 0.6 is 0 Å². The van der Waals surface area contributed by atoms with Crippen molar-refractivity contribution in [3.05, 3.63) is 48.2 Å². The Morgan fingerprint density at radius 3 is 2.89 bits per heavy atom. The molecule has 0 saturated carbocycles. The molecule has 3 rings (SSSR count). The van der Waals surface area contributed by atoms with Gasteiger partial charge in [-0.2, -0.15) is 4.68 Å². The van der Waals surface area contributed by atoms with E-state index in [-0.39, 0.29) is 6.04 Å². The van der Waals surface area contributed by atoms with Gasteiger partial charge in [-0.15, -0.1) is 5.10 Å². The van der Waals surface area contributed by atoms with Crippen LogP contribution in [0.4, 0.5) is 0 Å². The van der Waals surface area contributed by atoms with E-state index in [9.17, 15) is 0 Å². The molecule has 1 atom stereocenters. The maximum Gasteiger partial charge on any atom is 0.156 e. The van der Waals surface area contributed by atoms with Crippen molar-refractivity contribution in [2.45, 2.75) is 13.0 Å². The molecule has 0 amide bonds. The van der Waals surface area contributed by atoms with Crippen molar-refractivity contribution in [3.8, 4) is 5.82 Å². The lowest BCUT2D eigenvalue weighted by atomic mass is 10.1. The Morgan fingerprint density at radius 1 is 1.21 bits per heavy atom. The molecule has 96 valence electrons. The summed E-state index contributed by atoms with van der Waals surface area (Å²) in [5.41, 5.74) is 3.01. The fourth-order valence-corrected chi connectivity index (χ4v) is 2.02. The number of para-hydroxylation sites is 1. The molecule has 2 aromatic heterocycles. The van der Waals surface area contributed by atoms with Gasteiger partial charge in [0, 0.05) is 12.2 Å². The number of fused-ring (bicyclic) bond motifs is 1. The minimum absolute atomic E-state index is 0.275. The zero-order valence-electron chi connectivity index (χ0n) is 10.9. The second-order valence-corrected chi connectivity index (χ2v) is 4.45. The Hall–Kier alpha value is -2.27. The largest absolute Gasteiger partial charge is 0.313 e. The Balaban J connectivity index is 2.11. The van der Waals surface area contributed by atoms with Crippen LogP contribution in [-0.4, -0.2) is 27.0 Å². The van der Waals surface area contributed by atoms with Gasteiger partial charge < -0.3 is 5.32 Å². The van der Waals surface area contributed by atoms with Gasteiger partial charge in [0.15, 0.2) is 5.82 Å². The van der Waals surface area contributed by atoms with E-state index in [4.69, 9.17) is 0 Å². The number of rotatable bonds is 3. The van der Waals surface area contributed by atoms with Crippen LogP contribution in [0.5, 0.6) is 0 Å². The van der Waals surface area contributed by atoms with E-state index in [1.165, 1.54) is 5.56 Å². The second-order valence-electron chi connectivity index (χ2n) is 4.45. The number of hydrogen-bond donors (Lipinski definition) is 1. The Labute approximate surface area is 111 Å². The van der Waals surface area contributed by atoms with E-state index in [0.717, 1.165) is 16.9 Å². The van der Waals surface area contributed by atoms with E-state index in [2.05, 4.69) is 27.5 Å². The predicted molar refractivity (Wildman–Crippen MR) is 74.1 cm³/mol. The molecule has 1 unspecified atom stereocenters. The fraction of sp³-hybridized carbons (Fsp3) is 0.214. The minimum Gasteiger partial charge on any atom is -0.313 e. The molecule has 19 heavy (non-hydrogen) atoms. The molecule has 1 aromatic carbocycles. The minimum atomic E-state index is 0.275. The summed E-state index contributed by atoms with van der Waals surface area (Å²) in [5, 5.41) is 11.5. The molecule has 0 aliphatic carbocycles. The zero-order chi connectivity index (χ0) is 13.2. The van der Waals surface area contributed by atoms with Gasteiger partial charge in [-0.3, -0.25) is 0 Å². The predicted octanol–water partition coefficient (Wildman–Crippen LogP) is 2.10. The average molecular weight is 253 g/mol. The Kier molecular flexibility index (Phi) is 2.97. The first kappa shape index (κ1) is 11.8. The highest BCUT2D eigenvalue weighted by Crippen LogP contribution is 2.17. The van der Waals surface area contributed by atoms with Gasteiger partial charge in [0.05, 0.1) is 5.52 Å². The molecular formula is C14H15N5. The third kappa shape index (κ3) is 2.08. The highest BCUT2D eigenvalue weighted by atomic mass is 15.4. The van der Waals surface area contributed by atoms with Crippen molar-refractivity contribution >= 4 is 11.0 Å². The summed E-state index contributed by atoms with van der Waals surface area (Å²) in [7, 11) is 1.94. The highest BCUT2D eigenvalue weighted by molar-refractivity contribution is 5.75. The summed E-state index contributed by atoms with van der Waals surface area (Å²) in [4.78, 5) is 4.38. The number of hydrogen-bond acceptors (Lipinski definition) is 4. The first-order valence-electron chi connectivity index (χ1n) is 6.23. The van der Waals surface area contributed by atoms with E-state index < -0.39 is 0 Å². The van der Waals surface area contributed by atoms with E-state index >= 15 is 0 Å². The van der Waals surface area contributed by atoms with Crippen LogP contribution in [0.1, 0.15) is 18.5 Å². The second kappa shape index (κ2) is 4.78. The quantitative estimate of drug-likeness (QED) is 0.776. The standard InChI is InChI=1S/C14H15N5/c1-10(15-2)11-7-8-16-14(9-11)19-13-6-4-3-5-12(13)17-18-19/h3-10,15H,1-2H3. The van der Waals surface area contributed by atoms with Crippen molar-refractivity contribution < 1.29 is 0 Å². The molecule has 0 saturated heterocycles. The van der Waals surface area contributed by atoms with E-state index in [0.29, 0.717) is 0 Å². The lowest BCUT2D eigenvalue weighted by Crippen LogP contribution is -2.13. The van der Waals surface area contributed by atoms with Crippen molar-refractivity contribution in [2.24, 2.45) is 0 Å². The van der Waals surface area contributed by atoms with Gasteiger partial charge in [0.25, 0.3) is 0 Å². The normalized spacial score (nSPS) is 12.7. The molecule has 0 radical (unpaired) electrons. The van der Waals surface area contributed by atoms with E-state index in [1.54, 1.807) is 10.9 Å². The average Bonchev–Trinajstić information content (AvgIpc) is 2.90. The molecular weight excluding hydrogens is 238 g/mol. The van der Waals surface area contributed by atoms with Gasteiger partial charge in [-0.05, 0) is 43.8 Å². The lowest BCUT2D eigenvalue weighted by molar-refractivity contribution is 0.649. The molecule has 0 spiro atoms. The summed E-state index contributed by atoms with van der Waals surface area (Å²) in [5.74, 6) is 0.785. The SMILES string of the molecule is CNC(C)c1ccnc(-n2nnc3ccccc32)c1. The zero-order valence-corrected chi connectivity index (χ0v) is 10.9. The van der Waals surface area contributed by atoms with Crippen LogP contribution in [-0.2, 0) is 0 Å². The molecule has 1 N–H and O–H groups in total. The van der Waals surface area contributed by atoms with Crippen LogP contribution < -0.4 is 5.32 Å². The van der Waals surface area contributed by atoms with Gasteiger partial charge in [0.2, 0.25) is 0 Å².